The van der Waals surface area contributed by atoms with Crippen molar-refractivity contribution in [2.24, 2.45) is 0 Å². The van der Waals surface area contributed by atoms with Crippen molar-refractivity contribution in [3.8, 4) is 11.3 Å². The fourth-order valence-electron chi connectivity index (χ4n) is 4.03. The maximum Gasteiger partial charge on any atom is 0.254 e. The molecule has 2 aromatic rings. The van der Waals surface area contributed by atoms with E-state index in [4.69, 9.17) is 4.98 Å². The number of aromatic nitrogens is 3. The number of hydrogen-bond donors (Lipinski definition) is 4. The van der Waals surface area contributed by atoms with Crippen LogP contribution in [0.2, 0.25) is 0 Å². The molecular weight excluding hydrogens is 420 g/mol. The summed E-state index contributed by atoms with van der Waals surface area (Å²) in [6.07, 6.45) is 10.4. The normalized spacial score (nSPS) is 21.8. The molecule has 0 aromatic carbocycles. The molecule has 0 spiro atoms. The molecule has 2 fully saturated rings. The molecule has 174 valence electrons. The molecule has 9 heteroatoms. The topological polar surface area (TPSA) is 129 Å². The smallest absolute Gasteiger partial charge is 0.254 e. The Morgan fingerprint density at radius 1 is 1.15 bits per heavy atom. The highest BCUT2D eigenvalue weighted by Gasteiger charge is 2.24. The number of pyridine rings is 1. The van der Waals surface area contributed by atoms with Crippen LogP contribution in [0.4, 0.5) is 11.8 Å². The minimum Gasteiger partial charge on any atom is -0.393 e. The fraction of sp³-hybridized carbons (Fsp3) is 0.458. The zero-order valence-electron chi connectivity index (χ0n) is 18.8. The molecule has 1 saturated carbocycles. The second-order valence-electron chi connectivity index (χ2n) is 8.59. The van der Waals surface area contributed by atoms with Gasteiger partial charge in [0.15, 0.2) is 0 Å². The van der Waals surface area contributed by atoms with Crippen LogP contribution in [0.1, 0.15) is 57.4 Å². The minimum absolute atomic E-state index is 0.0884. The zero-order chi connectivity index (χ0) is 23.2. The number of amides is 2. The van der Waals surface area contributed by atoms with Gasteiger partial charge in [0.1, 0.15) is 5.82 Å². The van der Waals surface area contributed by atoms with Crippen molar-refractivity contribution in [2.75, 3.05) is 17.2 Å². The average Bonchev–Trinajstić information content (AvgIpc) is 3.13. The highest BCUT2D eigenvalue weighted by molar-refractivity contribution is 6.15. The molecule has 3 heterocycles. The van der Waals surface area contributed by atoms with E-state index in [2.05, 4.69) is 32.8 Å². The van der Waals surface area contributed by atoms with Gasteiger partial charge in [0.25, 0.3) is 5.91 Å². The van der Waals surface area contributed by atoms with E-state index in [-0.39, 0.29) is 30.4 Å². The second kappa shape index (κ2) is 10.5. The van der Waals surface area contributed by atoms with Crippen LogP contribution in [-0.4, -0.2) is 50.6 Å². The Kier molecular flexibility index (Phi) is 7.29. The molecule has 1 saturated heterocycles. The average molecular weight is 451 g/mol. The molecule has 4 N–H and O–H groups in total. The predicted molar refractivity (Wildman–Crippen MR) is 126 cm³/mol. The largest absolute Gasteiger partial charge is 0.393 e. The molecule has 0 radical (unpaired) electrons. The summed E-state index contributed by atoms with van der Waals surface area (Å²) < 4.78 is 0. The number of anilines is 2. The lowest BCUT2D eigenvalue weighted by Crippen LogP contribution is -2.29. The first-order valence-corrected chi connectivity index (χ1v) is 11.6. The van der Waals surface area contributed by atoms with Crippen LogP contribution in [0.5, 0.6) is 0 Å². The number of nitrogens with zero attached hydrogens (tertiary/aromatic N) is 3. The van der Waals surface area contributed by atoms with Crippen LogP contribution in [0.25, 0.3) is 17.3 Å². The van der Waals surface area contributed by atoms with Crippen molar-refractivity contribution >= 4 is 29.7 Å². The van der Waals surface area contributed by atoms with E-state index >= 15 is 0 Å². The third-order valence-electron chi connectivity index (χ3n) is 5.94. The quantitative estimate of drug-likeness (QED) is 0.274. The summed E-state index contributed by atoms with van der Waals surface area (Å²) in [5.74, 6) is 0.646. The van der Waals surface area contributed by atoms with Crippen LogP contribution < -0.4 is 16.0 Å². The number of aliphatic hydroxyl groups is 1. The van der Waals surface area contributed by atoms with Crippen molar-refractivity contribution in [1.29, 1.82) is 0 Å². The fourth-order valence-corrected chi connectivity index (χ4v) is 4.03. The molecule has 4 rings (SSSR count). The van der Waals surface area contributed by atoms with Crippen LogP contribution in [-0.2, 0) is 9.59 Å². The van der Waals surface area contributed by atoms with Gasteiger partial charge in [-0.3, -0.25) is 19.9 Å². The van der Waals surface area contributed by atoms with Gasteiger partial charge in [-0.2, -0.15) is 4.98 Å². The van der Waals surface area contributed by atoms with Crippen LogP contribution in [0.3, 0.4) is 0 Å². The molecule has 2 aliphatic rings. The lowest BCUT2D eigenvalue weighted by molar-refractivity contribution is -0.124. The Morgan fingerprint density at radius 2 is 1.97 bits per heavy atom. The number of hydrogen-bond acceptors (Lipinski definition) is 8. The minimum atomic E-state index is -0.354. The Balaban J connectivity index is 1.56. The van der Waals surface area contributed by atoms with Gasteiger partial charge in [-0.1, -0.05) is 19.4 Å². The number of unbranched alkanes of at least 4 members (excludes halogenated alkanes) is 1. The molecule has 0 bridgehead atoms. The first-order chi connectivity index (χ1) is 16.0. The summed E-state index contributed by atoms with van der Waals surface area (Å²) in [5.41, 5.74) is 2.67. The van der Waals surface area contributed by atoms with E-state index in [0.717, 1.165) is 56.2 Å². The maximum atomic E-state index is 11.8. The third kappa shape index (κ3) is 5.92. The summed E-state index contributed by atoms with van der Waals surface area (Å²) in [4.78, 5) is 36.9. The van der Waals surface area contributed by atoms with Crippen LogP contribution in [0.15, 0.2) is 30.1 Å². The van der Waals surface area contributed by atoms with Crippen LogP contribution >= 0.6 is 0 Å². The number of nitrogens with one attached hydrogen (secondary N) is 3. The lowest BCUT2D eigenvalue weighted by atomic mass is 9.93. The number of carbonyl (C=O) groups excluding carboxylic acids is 2. The van der Waals surface area contributed by atoms with Gasteiger partial charge in [0.05, 0.1) is 23.8 Å². The molecule has 2 aromatic heterocycles. The van der Waals surface area contributed by atoms with Crippen molar-refractivity contribution in [3.05, 3.63) is 35.7 Å². The van der Waals surface area contributed by atoms with Gasteiger partial charge < -0.3 is 15.7 Å². The Hall–Kier alpha value is -3.33. The molecule has 0 atom stereocenters. The lowest BCUT2D eigenvalue weighted by Gasteiger charge is -2.27. The van der Waals surface area contributed by atoms with E-state index < -0.39 is 0 Å². The summed E-state index contributed by atoms with van der Waals surface area (Å²) in [6, 6.07) is 3.95. The summed E-state index contributed by atoms with van der Waals surface area (Å²) >= 11 is 0. The number of aliphatic hydroxyl groups excluding tert-OH is 1. The Morgan fingerprint density at radius 3 is 2.64 bits per heavy atom. The third-order valence-corrected chi connectivity index (χ3v) is 5.94. The molecule has 1 aliphatic carbocycles. The van der Waals surface area contributed by atoms with Gasteiger partial charge in [-0.05, 0) is 49.8 Å². The standard InChI is InChI=1S/C24H30N6O3/c1-2-3-10-25-24-27-14-19(22(30-24)28-17-5-7-18(31)8-6-17)20-9-4-15(13-26-20)11-16-12-21(32)29-23(16)33/h4,9,11,13-14,17-18,31H,2-3,5-8,10,12H2,1H3,(H,29,32,33)(H2,25,27,28,30)/b16-11-/t17-,18-. The van der Waals surface area contributed by atoms with Crippen molar-refractivity contribution in [3.63, 3.8) is 0 Å². The number of rotatable bonds is 8. The summed E-state index contributed by atoms with van der Waals surface area (Å²) in [7, 11) is 0. The molecule has 0 unspecified atom stereocenters. The molecule has 33 heavy (non-hydrogen) atoms. The highest BCUT2D eigenvalue weighted by atomic mass is 16.3. The van der Waals surface area contributed by atoms with E-state index in [1.54, 1.807) is 18.5 Å². The maximum absolute atomic E-state index is 11.8. The van der Waals surface area contributed by atoms with Gasteiger partial charge in [0.2, 0.25) is 11.9 Å². The predicted octanol–water partition coefficient (Wildman–Crippen LogP) is 2.90. The molecule has 9 nitrogen and oxygen atoms in total. The van der Waals surface area contributed by atoms with Gasteiger partial charge in [-0.25, -0.2) is 4.98 Å². The monoisotopic (exact) mass is 450 g/mol. The van der Waals surface area contributed by atoms with E-state index in [1.165, 1.54) is 0 Å². The highest BCUT2D eigenvalue weighted by Crippen LogP contribution is 2.29. The van der Waals surface area contributed by atoms with Crippen molar-refractivity contribution in [2.45, 2.75) is 64.0 Å². The van der Waals surface area contributed by atoms with Crippen molar-refractivity contribution < 1.29 is 14.7 Å². The van der Waals surface area contributed by atoms with Gasteiger partial charge in [0, 0.05) is 30.6 Å². The zero-order valence-corrected chi connectivity index (χ0v) is 18.8. The first-order valence-electron chi connectivity index (χ1n) is 11.6. The van der Waals surface area contributed by atoms with Crippen LogP contribution in [0, 0.1) is 0 Å². The number of carbonyl (C=O) groups is 2. The van der Waals surface area contributed by atoms with Gasteiger partial charge in [-0.15, -0.1) is 0 Å². The summed E-state index contributed by atoms with van der Waals surface area (Å²) in [5, 5.41) is 18.9. The van der Waals surface area contributed by atoms with Crippen molar-refractivity contribution in [1.82, 2.24) is 20.3 Å². The molecule has 2 amide bonds. The van der Waals surface area contributed by atoms with E-state index in [1.807, 2.05) is 12.1 Å². The Labute approximate surface area is 193 Å². The SMILES string of the molecule is CCCCNc1ncc(-c2ccc(/C=C3/CC(=O)NC3=O)cn2)c(N[C@H]2CC[C@H](O)CC2)n1. The first kappa shape index (κ1) is 22.8. The molecule has 1 aliphatic heterocycles. The number of imide groups is 1. The van der Waals surface area contributed by atoms with Gasteiger partial charge >= 0.3 is 0 Å². The molecular formula is C24H30N6O3. The Bertz CT molecular complexity index is 1030. The van der Waals surface area contributed by atoms with E-state index in [9.17, 15) is 14.7 Å². The summed E-state index contributed by atoms with van der Waals surface area (Å²) in [6.45, 7) is 2.95. The van der Waals surface area contributed by atoms with E-state index in [0.29, 0.717) is 23.0 Å². The second-order valence-corrected chi connectivity index (χ2v) is 8.59.